The number of furan rings is 1. The third-order valence-electron chi connectivity index (χ3n) is 1.85. The highest BCUT2D eigenvalue weighted by Crippen LogP contribution is 2.30. The van der Waals surface area contributed by atoms with Crippen LogP contribution in [-0.2, 0) is 0 Å². The lowest BCUT2D eigenvalue weighted by Gasteiger charge is -2.02. The fourth-order valence-corrected chi connectivity index (χ4v) is 1.78. The van der Waals surface area contributed by atoms with E-state index >= 15 is 0 Å². The molecule has 0 amide bonds. The average Bonchev–Trinajstić information content (AvgIpc) is 2.60. The molecular formula is C9H5BrCl2N2O. The van der Waals surface area contributed by atoms with E-state index in [1.165, 1.54) is 6.26 Å². The first-order chi connectivity index (χ1) is 7.09. The average molecular weight is 308 g/mol. The Balaban J connectivity index is 2.60. The van der Waals surface area contributed by atoms with Crippen molar-refractivity contribution in [1.82, 2.24) is 9.97 Å². The highest BCUT2D eigenvalue weighted by Gasteiger charge is 2.14. The molecule has 0 N–H and O–H groups in total. The Morgan fingerprint density at radius 2 is 1.87 bits per heavy atom. The van der Waals surface area contributed by atoms with E-state index in [2.05, 4.69) is 25.9 Å². The molecule has 0 saturated heterocycles. The molecule has 0 aliphatic carbocycles. The summed E-state index contributed by atoms with van der Waals surface area (Å²) in [6.45, 7) is 1.76. The Bertz CT molecular complexity index is 490. The molecule has 2 rings (SSSR count). The van der Waals surface area contributed by atoms with Crippen LogP contribution >= 0.6 is 39.1 Å². The maximum atomic E-state index is 5.90. The fraction of sp³-hybridized carbons (Fsp3) is 0.111. The summed E-state index contributed by atoms with van der Waals surface area (Å²) >= 11 is 15.1. The quantitative estimate of drug-likeness (QED) is 0.744. The van der Waals surface area contributed by atoms with Crippen LogP contribution in [0.3, 0.4) is 0 Å². The van der Waals surface area contributed by atoms with E-state index < -0.39 is 0 Å². The van der Waals surface area contributed by atoms with Gasteiger partial charge in [-0.25, -0.2) is 9.97 Å². The van der Waals surface area contributed by atoms with E-state index in [0.717, 1.165) is 4.47 Å². The Morgan fingerprint density at radius 1 is 1.27 bits per heavy atom. The normalized spacial score (nSPS) is 10.7. The largest absolute Gasteiger partial charge is 0.460 e. The van der Waals surface area contributed by atoms with Gasteiger partial charge in [0.15, 0.2) is 11.6 Å². The summed E-state index contributed by atoms with van der Waals surface area (Å²) in [5.74, 6) is 0.881. The van der Waals surface area contributed by atoms with Crippen LogP contribution in [0.5, 0.6) is 0 Å². The Morgan fingerprint density at radius 3 is 2.33 bits per heavy atom. The first-order valence-electron chi connectivity index (χ1n) is 4.02. The van der Waals surface area contributed by atoms with Crippen LogP contribution in [0.15, 0.2) is 21.2 Å². The summed E-state index contributed by atoms with van der Waals surface area (Å²) in [6.07, 6.45) is 1.53. The highest BCUT2D eigenvalue weighted by atomic mass is 79.9. The van der Waals surface area contributed by atoms with Gasteiger partial charge in [0.25, 0.3) is 0 Å². The van der Waals surface area contributed by atoms with Crippen LogP contribution in [0.25, 0.3) is 11.6 Å². The summed E-state index contributed by atoms with van der Waals surface area (Å²) in [5.41, 5.74) is 0.657. The van der Waals surface area contributed by atoms with Gasteiger partial charge < -0.3 is 4.42 Å². The molecular weight excluding hydrogens is 303 g/mol. The zero-order chi connectivity index (χ0) is 11.0. The molecule has 78 valence electrons. The number of halogens is 3. The van der Waals surface area contributed by atoms with Gasteiger partial charge in [0, 0.05) is 5.56 Å². The summed E-state index contributed by atoms with van der Waals surface area (Å²) in [4.78, 5) is 8.17. The van der Waals surface area contributed by atoms with Gasteiger partial charge in [-0.15, -0.1) is 0 Å². The zero-order valence-electron chi connectivity index (χ0n) is 7.59. The molecule has 0 saturated carbocycles. The summed E-state index contributed by atoms with van der Waals surface area (Å²) in [5, 5.41) is 0.654. The van der Waals surface area contributed by atoms with E-state index in [1.807, 2.05) is 0 Å². The lowest BCUT2D eigenvalue weighted by atomic mass is 10.3. The number of rotatable bonds is 1. The van der Waals surface area contributed by atoms with Gasteiger partial charge in [-0.2, -0.15) is 0 Å². The van der Waals surface area contributed by atoms with E-state index in [9.17, 15) is 0 Å². The van der Waals surface area contributed by atoms with Crippen LogP contribution in [0.2, 0.25) is 10.3 Å². The Kier molecular flexibility index (Phi) is 3.00. The lowest BCUT2D eigenvalue weighted by Crippen LogP contribution is -1.93. The number of hydrogen-bond acceptors (Lipinski definition) is 3. The third-order valence-corrected chi connectivity index (χ3v) is 3.21. The second-order valence-corrected chi connectivity index (χ2v) is 4.42. The molecule has 0 aromatic carbocycles. The second-order valence-electron chi connectivity index (χ2n) is 2.85. The van der Waals surface area contributed by atoms with Gasteiger partial charge in [-0.05, 0) is 28.9 Å². The maximum Gasteiger partial charge on any atom is 0.199 e. The van der Waals surface area contributed by atoms with Crippen molar-refractivity contribution in [2.75, 3.05) is 0 Å². The molecule has 0 aliphatic rings. The topological polar surface area (TPSA) is 38.9 Å². The van der Waals surface area contributed by atoms with Gasteiger partial charge in [0.2, 0.25) is 0 Å². The first kappa shape index (κ1) is 10.9. The van der Waals surface area contributed by atoms with Crippen LogP contribution < -0.4 is 0 Å². The Hall–Kier alpha value is -0.580. The van der Waals surface area contributed by atoms with Crippen molar-refractivity contribution in [2.45, 2.75) is 6.92 Å². The first-order valence-corrected chi connectivity index (χ1v) is 5.57. The highest BCUT2D eigenvalue weighted by molar-refractivity contribution is 9.10. The molecule has 2 aromatic rings. The van der Waals surface area contributed by atoms with Crippen LogP contribution in [0.4, 0.5) is 0 Å². The van der Waals surface area contributed by atoms with Crippen LogP contribution in [0, 0.1) is 6.92 Å². The van der Waals surface area contributed by atoms with Crippen molar-refractivity contribution in [3.8, 4) is 11.6 Å². The minimum Gasteiger partial charge on any atom is -0.460 e. The van der Waals surface area contributed by atoms with E-state index in [4.69, 9.17) is 27.6 Å². The Labute approximate surface area is 105 Å². The molecule has 0 radical (unpaired) electrons. The minimum atomic E-state index is 0.327. The number of aromatic nitrogens is 2. The number of nitrogens with zero attached hydrogens (tertiary/aromatic N) is 2. The van der Waals surface area contributed by atoms with Crippen molar-refractivity contribution in [3.63, 3.8) is 0 Å². The molecule has 0 fully saturated rings. The van der Waals surface area contributed by atoms with Crippen LogP contribution in [0.1, 0.15) is 5.56 Å². The molecule has 0 bridgehead atoms. The predicted molar refractivity (Wildman–Crippen MR) is 62.2 cm³/mol. The molecule has 3 nitrogen and oxygen atoms in total. The molecule has 0 spiro atoms. The standard InChI is InChI=1S/C9H5BrCl2N2O/c1-4-7(11)13-9(14-8(4)12)6-5(10)2-3-15-6/h2-3H,1H3. The van der Waals surface area contributed by atoms with Crippen molar-refractivity contribution >= 4 is 39.1 Å². The molecule has 6 heteroatoms. The maximum absolute atomic E-state index is 5.90. The minimum absolute atomic E-state index is 0.327. The van der Waals surface area contributed by atoms with Gasteiger partial charge in [0.05, 0.1) is 10.7 Å². The van der Waals surface area contributed by atoms with Gasteiger partial charge >= 0.3 is 0 Å². The summed E-state index contributed by atoms with van der Waals surface area (Å²) in [6, 6.07) is 1.75. The molecule has 0 atom stereocenters. The number of hydrogen-bond donors (Lipinski definition) is 0. The van der Waals surface area contributed by atoms with Crippen molar-refractivity contribution in [3.05, 3.63) is 32.7 Å². The lowest BCUT2D eigenvalue weighted by molar-refractivity contribution is 0.576. The third kappa shape index (κ3) is 2.02. The summed E-state index contributed by atoms with van der Waals surface area (Å²) in [7, 11) is 0. The second kappa shape index (κ2) is 4.12. The molecule has 0 unspecified atom stereocenters. The van der Waals surface area contributed by atoms with Gasteiger partial charge in [0.1, 0.15) is 10.3 Å². The van der Waals surface area contributed by atoms with E-state index in [1.54, 1.807) is 13.0 Å². The molecule has 0 aliphatic heterocycles. The zero-order valence-corrected chi connectivity index (χ0v) is 10.7. The van der Waals surface area contributed by atoms with Crippen molar-refractivity contribution in [2.24, 2.45) is 0 Å². The van der Waals surface area contributed by atoms with Gasteiger partial charge in [-0.3, -0.25) is 0 Å². The van der Waals surface area contributed by atoms with Crippen molar-refractivity contribution in [1.29, 1.82) is 0 Å². The molecule has 2 aromatic heterocycles. The van der Waals surface area contributed by atoms with E-state index in [0.29, 0.717) is 27.5 Å². The monoisotopic (exact) mass is 306 g/mol. The smallest absolute Gasteiger partial charge is 0.199 e. The van der Waals surface area contributed by atoms with Crippen molar-refractivity contribution < 1.29 is 4.42 Å². The predicted octanol–water partition coefficient (Wildman–Crippen LogP) is 4.11. The molecule has 15 heavy (non-hydrogen) atoms. The van der Waals surface area contributed by atoms with Gasteiger partial charge in [-0.1, -0.05) is 23.2 Å². The summed E-state index contributed by atoms with van der Waals surface area (Å²) < 4.78 is 5.97. The fourth-order valence-electron chi connectivity index (χ4n) is 1.02. The van der Waals surface area contributed by atoms with Crippen LogP contribution in [-0.4, -0.2) is 9.97 Å². The SMILES string of the molecule is Cc1c(Cl)nc(-c2occc2Br)nc1Cl. The van der Waals surface area contributed by atoms with E-state index in [-0.39, 0.29) is 0 Å². The molecule has 2 heterocycles.